The van der Waals surface area contributed by atoms with Crippen molar-refractivity contribution in [2.24, 2.45) is 5.92 Å². The van der Waals surface area contributed by atoms with Gasteiger partial charge in [-0.2, -0.15) is 0 Å². The van der Waals surface area contributed by atoms with Crippen molar-refractivity contribution >= 4 is 5.91 Å². The minimum atomic E-state index is 0.157. The summed E-state index contributed by atoms with van der Waals surface area (Å²) in [5.74, 6) is 0.355. The second-order valence-corrected chi connectivity index (χ2v) is 5.05. The van der Waals surface area contributed by atoms with E-state index in [0.29, 0.717) is 6.04 Å². The van der Waals surface area contributed by atoms with Crippen molar-refractivity contribution in [3.8, 4) is 0 Å². The molecule has 0 radical (unpaired) electrons. The molecule has 1 atom stereocenters. The van der Waals surface area contributed by atoms with E-state index in [0.717, 1.165) is 52.2 Å². The quantitative estimate of drug-likeness (QED) is 0.695. The zero-order chi connectivity index (χ0) is 12.1. The van der Waals surface area contributed by atoms with Gasteiger partial charge in [-0.05, 0) is 19.9 Å². The Morgan fingerprint density at radius 3 is 2.94 bits per heavy atom. The Bertz CT molecular complexity index is 254. The highest BCUT2D eigenvalue weighted by Gasteiger charge is 2.23. The Kier molecular flexibility index (Phi) is 4.76. The van der Waals surface area contributed by atoms with E-state index in [1.807, 2.05) is 0 Å². The maximum absolute atomic E-state index is 11.9. The van der Waals surface area contributed by atoms with Crippen LogP contribution in [0.15, 0.2) is 0 Å². The Morgan fingerprint density at radius 2 is 2.24 bits per heavy atom. The summed E-state index contributed by atoms with van der Waals surface area (Å²) in [6.07, 6.45) is 1.73. The van der Waals surface area contributed by atoms with E-state index in [9.17, 15) is 4.79 Å². The first-order valence-electron chi connectivity index (χ1n) is 6.53. The SMILES string of the molecule is CN1CCNC(CNC(=O)C2CCOCC2)C1. The first kappa shape index (κ1) is 12.8. The van der Waals surface area contributed by atoms with Crippen LogP contribution in [0.5, 0.6) is 0 Å². The fraction of sp³-hybridized carbons (Fsp3) is 0.917. The standard InChI is InChI=1S/C12H23N3O2/c1-15-5-4-13-11(9-15)8-14-12(16)10-2-6-17-7-3-10/h10-11,13H,2-9H2,1H3,(H,14,16). The Labute approximate surface area is 103 Å². The van der Waals surface area contributed by atoms with Gasteiger partial charge >= 0.3 is 0 Å². The predicted molar refractivity (Wildman–Crippen MR) is 65.8 cm³/mol. The fourth-order valence-electron chi connectivity index (χ4n) is 2.46. The molecule has 2 aliphatic rings. The lowest BCUT2D eigenvalue weighted by molar-refractivity contribution is -0.127. The van der Waals surface area contributed by atoms with E-state index in [-0.39, 0.29) is 11.8 Å². The van der Waals surface area contributed by atoms with E-state index in [1.54, 1.807) is 0 Å². The highest BCUT2D eigenvalue weighted by Crippen LogP contribution is 2.14. The van der Waals surface area contributed by atoms with Crippen molar-refractivity contribution in [2.45, 2.75) is 18.9 Å². The van der Waals surface area contributed by atoms with Crippen LogP contribution in [0.25, 0.3) is 0 Å². The van der Waals surface area contributed by atoms with Gasteiger partial charge in [0.2, 0.25) is 5.91 Å². The molecular formula is C12H23N3O2. The smallest absolute Gasteiger partial charge is 0.223 e. The number of carbonyl (C=O) groups is 1. The molecule has 0 aromatic heterocycles. The van der Waals surface area contributed by atoms with Gasteiger partial charge in [0.1, 0.15) is 0 Å². The summed E-state index contributed by atoms with van der Waals surface area (Å²) in [6.45, 7) is 5.29. The number of hydrogen-bond acceptors (Lipinski definition) is 4. The summed E-state index contributed by atoms with van der Waals surface area (Å²) in [4.78, 5) is 14.2. The molecule has 2 aliphatic heterocycles. The lowest BCUT2D eigenvalue weighted by Crippen LogP contribution is -2.54. The molecule has 2 rings (SSSR count). The number of rotatable bonds is 3. The number of hydrogen-bond donors (Lipinski definition) is 2. The molecule has 2 heterocycles. The fourth-order valence-corrected chi connectivity index (χ4v) is 2.46. The zero-order valence-corrected chi connectivity index (χ0v) is 10.6. The normalized spacial score (nSPS) is 27.9. The number of nitrogens with zero attached hydrogens (tertiary/aromatic N) is 1. The molecule has 1 amide bonds. The van der Waals surface area contributed by atoms with Gasteiger partial charge < -0.3 is 20.3 Å². The van der Waals surface area contributed by atoms with Gasteiger partial charge in [0, 0.05) is 51.4 Å². The van der Waals surface area contributed by atoms with Crippen molar-refractivity contribution in [3.05, 3.63) is 0 Å². The summed E-state index contributed by atoms with van der Waals surface area (Å²) in [7, 11) is 2.12. The van der Waals surface area contributed by atoms with E-state index in [4.69, 9.17) is 4.74 Å². The van der Waals surface area contributed by atoms with Crippen molar-refractivity contribution < 1.29 is 9.53 Å². The molecule has 98 valence electrons. The minimum Gasteiger partial charge on any atom is -0.381 e. The van der Waals surface area contributed by atoms with Gasteiger partial charge in [0.25, 0.3) is 0 Å². The van der Waals surface area contributed by atoms with Crippen LogP contribution in [0.4, 0.5) is 0 Å². The van der Waals surface area contributed by atoms with E-state index in [2.05, 4.69) is 22.6 Å². The van der Waals surface area contributed by atoms with Crippen molar-refractivity contribution in [3.63, 3.8) is 0 Å². The molecule has 0 aromatic rings. The van der Waals surface area contributed by atoms with Gasteiger partial charge in [-0.3, -0.25) is 4.79 Å². The summed E-state index contributed by atoms with van der Waals surface area (Å²) in [5, 5.41) is 6.49. The number of carbonyl (C=O) groups excluding carboxylic acids is 1. The van der Waals surface area contributed by atoms with E-state index >= 15 is 0 Å². The predicted octanol–water partition coefficient (Wildman–Crippen LogP) is -0.567. The summed E-state index contributed by atoms with van der Waals surface area (Å²) in [6, 6.07) is 0.387. The number of amides is 1. The topological polar surface area (TPSA) is 53.6 Å². The van der Waals surface area contributed by atoms with Crippen LogP contribution < -0.4 is 10.6 Å². The Morgan fingerprint density at radius 1 is 1.47 bits per heavy atom. The van der Waals surface area contributed by atoms with Crippen molar-refractivity contribution in [2.75, 3.05) is 46.4 Å². The second-order valence-electron chi connectivity index (χ2n) is 5.05. The monoisotopic (exact) mass is 241 g/mol. The summed E-state index contributed by atoms with van der Waals surface area (Å²) in [5.41, 5.74) is 0. The van der Waals surface area contributed by atoms with E-state index < -0.39 is 0 Å². The first-order chi connectivity index (χ1) is 8.25. The zero-order valence-electron chi connectivity index (χ0n) is 10.6. The maximum atomic E-state index is 11.9. The third-order valence-electron chi connectivity index (χ3n) is 3.57. The molecule has 0 spiro atoms. The highest BCUT2D eigenvalue weighted by molar-refractivity contribution is 5.78. The molecule has 1 unspecified atom stereocenters. The molecule has 0 aromatic carbocycles. The average molecular weight is 241 g/mol. The molecule has 0 saturated carbocycles. The van der Waals surface area contributed by atoms with Gasteiger partial charge in [-0.1, -0.05) is 0 Å². The van der Waals surface area contributed by atoms with Gasteiger partial charge in [0.05, 0.1) is 0 Å². The van der Waals surface area contributed by atoms with Crippen LogP contribution in [0.1, 0.15) is 12.8 Å². The van der Waals surface area contributed by atoms with E-state index in [1.165, 1.54) is 0 Å². The Hall–Kier alpha value is -0.650. The van der Waals surface area contributed by atoms with Crippen LogP contribution in [0.3, 0.4) is 0 Å². The molecule has 2 fully saturated rings. The van der Waals surface area contributed by atoms with Crippen LogP contribution >= 0.6 is 0 Å². The number of ether oxygens (including phenoxy) is 1. The number of likely N-dealkylation sites (N-methyl/N-ethyl adjacent to an activating group) is 1. The Balaban J connectivity index is 1.68. The molecule has 2 saturated heterocycles. The molecule has 0 bridgehead atoms. The van der Waals surface area contributed by atoms with Crippen LogP contribution in [-0.2, 0) is 9.53 Å². The molecular weight excluding hydrogens is 218 g/mol. The molecule has 5 nitrogen and oxygen atoms in total. The summed E-state index contributed by atoms with van der Waals surface area (Å²) < 4.78 is 5.26. The molecule has 17 heavy (non-hydrogen) atoms. The van der Waals surface area contributed by atoms with Crippen LogP contribution in [0.2, 0.25) is 0 Å². The van der Waals surface area contributed by atoms with Crippen molar-refractivity contribution in [1.82, 2.24) is 15.5 Å². The second kappa shape index (κ2) is 6.33. The summed E-state index contributed by atoms with van der Waals surface area (Å²) >= 11 is 0. The highest BCUT2D eigenvalue weighted by atomic mass is 16.5. The number of nitrogens with one attached hydrogen (secondary N) is 2. The molecule has 0 aliphatic carbocycles. The molecule has 5 heteroatoms. The van der Waals surface area contributed by atoms with Gasteiger partial charge in [-0.25, -0.2) is 0 Å². The van der Waals surface area contributed by atoms with Gasteiger partial charge in [0.15, 0.2) is 0 Å². The van der Waals surface area contributed by atoms with Crippen molar-refractivity contribution in [1.29, 1.82) is 0 Å². The molecule has 2 N–H and O–H groups in total. The van der Waals surface area contributed by atoms with Gasteiger partial charge in [-0.15, -0.1) is 0 Å². The minimum absolute atomic E-state index is 0.157. The first-order valence-corrected chi connectivity index (χ1v) is 6.53. The largest absolute Gasteiger partial charge is 0.381 e. The maximum Gasteiger partial charge on any atom is 0.223 e. The lowest BCUT2D eigenvalue weighted by Gasteiger charge is -2.31. The number of piperazine rings is 1. The van der Waals surface area contributed by atoms with Crippen LogP contribution in [-0.4, -0.2) is 63.3 Å². The van der Waals surface area contributed by atoms with Crippen LogP contribution in [0, 0.1) is 5.92 Å². The third-order valence-corrected chi connectivity index (χ3v) is 3.57. The average Bonchev–Trinajstić information content (AvgIpc) is 2.37. The third kappa shape index (κ3) is 3.94. The lowest BCUT2D eigenvalue weighted by atomic mass is 9.99.